The number of aryl methyl sites for hydroxylation is 1. The highest BCUT2D eigenvalue weighted by Crippen LogP contribution is 2.34. The monoisotopic (exact) mass is 283 g/mol. The summed E-state index contributed by atoms with van der Waals surface area (Å²) in [7, 11) is 1.63. The van der Waals surface area contributed by atoms with E-state index in [0.29, 0.717) is 12.2 Å². The second-order valence-corrected chi connectivity index (χ2v) is 5.12. The van der Waals surface area contributed by atoms with E-state index in [9.17, 15) is 9.59 Å². The summed E-state index contributed by atoms with van der Waals surface area (Å²) in [6.45, 7) is 0.558. The van der Waals surface area contributed by atoms with Crippen LogP contribution in [-0.4, -0.2) is 21.6 Å². The summed E-state index contributed by atoms with van der Waals surface area (Å²) in [5.41, 5.74) is 2.83. The van der Waals surface area contributed by atoms with Crippen LogP contribution >= 0.6 is 0 Å². The number of aromatic nitrogens is 3. The Balaban J connectivity index is 2.07. The number of ether oxygens (including phenoxy) is 1. The molecule has 2 aromatic heterocycles. The molecule has 6 nitrogen and oxygen atoms in total. The molecule has 0 fully saturated rings. The van der Waals surface area contributed by atoms with Gasteiger partial charge in [0.05, 0.1) is 18.5 Å². The van der Waals surface area contributed by atoms with Crippen molar-refractivity contribution in [1.82, 2.24) is 14.5 Å². The highest BCUT2D eigenvalue weighted by molar-refractivity contribution is 5.91. The number of nitrogens with one attached hydrogen (secondary N) is 2. The topological polar surface area (TPSA) is 79.9 Å². The van der Waals surface area contributed by atoms with Crippen molar-refractivity contribution in [1.29, 1.82) is 0 Å². The van der Waals surface area contributed by atoms with Gasteiger partial charge in [-0.3, -0.25) is 14.3 Å². The van der Waals surface area contributed by atoms with E-state index in [1.807, 2.05) is 18.2 Å². The predicted octanol–water partition coefficient (Wildman–Crippen LogP) is 1.25. The molecule has 0 aliphatic carbocycles. The molecule has 0 spiro atoms. The van der Waals surface area contributed by atoms with Crippen LogP contribution in [0.1, 0.15) is 5.56 Å². The standard InChI is InChI=1S/C15H13N3O3/c1-21-8-2-3-11-10(6-8)9-4-5-18-12(14(9)16-11)7-13(19)17-15(18)20/h2-3,6-7,16H,4-5H2,1H3,(H,17,19,20). The minimum Gasteiger partial charge on any atom is -0.497 e. The van der Waals surface area contributed by atoms with Gasteiger partial charge in [0.2, 0.25) is 0 Å². The Labute approximate surface area is 119 Å². The van der Waals surface area contributed by atoms with Crippen molar-refractivity contribution in [2.24, 2.45) is 0 Å². The van der Waals surface area contributed by atoms with Crippen LogP contribution in [0.2, 0.25) is 0 Å². The second-order valence-electron chi connectivity index (χ2n) is 5.12. The third kappa shape index (κ3) is 1.65. The Morgan fingerprint density at radius 3 is 2.86 bits per heavy atom. The van der Waals surface area contributed by atoms with Crippen LogP contribution in [0.5, 0.6) is 5.75 Å². The number of hydrogen-bond acceptors (Lipinski definition) is 3. The van der Waals surface area contributed by atoms with Gasteiger partial charge in [-0.2, -0.15) is 0 Å². The van der Waals surface area contributed by atoms with Crippen LogP contribution in [-0.2, 0) is 13.0 Å². The van der Waals surface area contributed by atoms with E-state index in [0.717, 1.165) is 34.3 Å². The first-order valence-electron chi connectivity index (χ1n) is 6.70. The van der Waals surface area contributed by atoms with Crippen LogP contribution in [0.25, 0.3) is 22.3 Å². The maximum Gasteiger partial charge on any atom is 0.328 e. The van der Waals surface area contributed by atoms with E-state index in [1.54, 1.807) is 11.7 Å². The smallest absolute Gasteiger partial charge is 0.328 e. The molecular formula is C15H13N3O3. The minimum absolute atomic E-state index is 0.362. The van der Waals surface area contributed by atoms with Crippen molar-refractivity contribution in [2.75, 3.05) is 7.11 Å². The predicted molar refractivity (Wildman–Crippen MR) is 78.9 cm³/mol. The average molecular weight is 283 g/mol. The van der Waals surface area contributed by atoms with Gasteiger partial charge >= 0.3 is 5.69 Å². The first-order chi connectivity index (χ1) is 10.2. The van der Waals surface area contributed by atoms with Crippen molar-refractivity contribution in [3.8, 4) is 17.1 Å². The largest absolute Gasteiger partial charge is 0.497 e. The van der Waals surface area contributed by atoms with E-state index in [1.165, 1.54) is 6.07 Å². The number of aromatic amines is 2. The first kappa shape index (κ1) is 12.0. The summed E-state index contributed by atoms with van der Waals surface area (Å²) >= 11 is 0. The van der Waals surface area contributed by atoms with E-state index >= 15 is 0 Å². The van der Waals surface area contributed by atoms with Crippen molar-refractivity contribution < 1.29 is 4.74 Å². The summed E-state index contributed by atoms with van der Waals surface area (Å²) in [6, 6.07) is 7.27. The van der Waals surface area contributed by atoms with Crippen LogP contribution in [0.4, 0.5) is 0 Å². The second kappa shape index (κ2) is 4.12. The maximum atomic E-state index is 11.9. The molecule has 0 unspecified atom stereocenters. The Kier molecular flexibility index (Phi) is 2.35. The van der Waals surface area contributed by atoms with Gasteiger partial charge in [0, 0.05) is 23.5 Å². The van der Waals surface area contributed by atoms with Crippen LogP contribution in [0.3, 0.4) is 0 Å². The summed E-state index contributed by atoms with van der Waals surface area (Å²) < 4.78 is 6.86. The molecule has 0 saturated carbocycles. The van der Waals surface area contributed by atoms with Gasteiger partial charge in [-0.25, -0.2) is 4.79 Å². The molecule has 2 N–H and O–H groups in total. The Morgan fingerprint density at radius 1 is 1.19 bits per heavy atom. The summed E-state index contributed by atoms with van der Waals surface area (Å²) in [4.78, 5) is 29.1. The molecule has 0 bridgehead atoms. The highest BCUT2D eigenvalue weighted by Gasteiger charge is 2.22. The third-order valence-electron chi connectivity index (χ3n) is 3.99. The van der Waals surface area contributed by atoms with Crippen molar-refractivity contribution in [2.45, 2.75) is 13.0 Å². The zero-order valence-electron chi connectivity index (χ0n) is 11.4. The van der Waals surface area contributed by atoms with Gasteiger partial charge in [-0.1, -0.05) is 0 Å². The van der Waals surface area contributed by atoms with Crippen molar-refractivity contribution in [3.63, 3.8) is 0 Å². The number of benzene rings is 1. The van der Waals surface area contributed by atoms with E-state index in [2.05, 4.69) is 9.97 Å². The summed E-state index contributed by atoms with van der Waals surface area (Å²) in [5, 5.41) is 1.07. The molecule has 3 heterocycles. The van der Waals surface area contributed by atoms with Crippen molar-refractivity contribution in [3.05, 3.63) is 50.7 Å². The molecule has 0 radical (unpaired) electrons. The SMILES string of the molecule is COc1ccc2[nH]c3c(c2c1)CCn1c-3cc(=O)[nH]c1=O. The number of rotatable bonds is 1. The lowest BCUT2D eigenvalue weighted by atomic mass is 10.0. The van der Waals surface area contributed by atoms with Gasteiger partial charge in [0.15, 0.2) is 0 Å². The molecule has 1 aromatic carbocycles. The minimum atomic E-state index is -0.379. The molecule has 0 saturated heterocycles. The first-order valence-corrected chi connectivity index (χ1v) is 6.70. The number of nitrogens with zero attached hydrogens (tertiary/aromatic N) is 1. The van der Waals surface area contributed by atoms with Gasteiger partial charge < -0.3 is 9.72 Å². The zero-order valence-corrected chi connectivity index (χ0v) is 11.4. The van der Waals surface area contributed by atoms with Gasteiger partial charge in [-0.05, 0) is 30.2 Å². The fourth-order valence-electron chi connectivity index (χ4n) is 3.01. The third-order valence-corrected chi connectivity index (χ3v) is 3.99. The fourth-order valence-corrected chi connectivity index (χ4v) is 3.01. The van der Waals surface area contributed by atoms with Gasteiger partial charge in [0.25, 0.3) is 5.56 Å². The lowest BCUT2D eigenvalue weighted by Crippen LogP contribution is -2.33. The van der Waals surface area contributed by atoms with E-state index < -0.39 is 0 Å². The average Bonchev–Trinajstić information content (AvgIpc) is 2.85. The molecule has 0 amide bonds. The van der Waals surface area contributed by atoms with E-state index in [4.69, 9.17) is 4.74 Å². The molecule has 1 aliphatic heterocycles. The quantitative estimate of drug-likeness (QED) is 0.705. The highest BCUT2D eigenvalue weighted by atomic mass is 16.5. The number of methoxy groups -OCH3 is 1. The lowest BCUT2D eigenvalue weighted by molar-refractivity contribution is 0.415. The lowest BCUT2D eigenvalue weighted by Gasteiger charge is -2.17. The zero-order chi connectivity index (χ0) is 14.6. The Hall–Kier alpha value is -2.76. The molecular weight excluding hydrogens is 270 g/mol. The molecule has 6 heteroatoms. The fraction of sp³-hybridized carbons (Fsp3) is 0.200. The number of fused-ring (bicyclic) bond motifs is 5. The molecule has 21 heavy (non-hydrogen) atoms. The molecule has 3 aromatic rings. The van der Waals surface area contributed by atoms with Crippen LogP contribution in [0, 0.1) is 0 Å². The Bertz CT molecular complexity index is 978. The molecule has 4 rings (SSSR count). The van der Waals surface area contributed by atoms with Crippen LogP contribution < -0.4 is 16.0 Å². The summed E-state index contributed by atoms with van der Waals surface area (Å²) in [6.07, 6.45) is 0.738. The Morgan fingerprint density at radius 2 is 2.05 bits per heavy atom. The molecule has 106 valence electrons. The summed E-state index contributed by atoms with van der Waals surface area (Å²) in [5.74, 6) is 0.790. The number of H-pyrrole nitrogens is 2. The maximum absolute atomic E-state index is 11.9. The van der Waals surface area contributed by atoms with E-state index in [-0.39, 0.29) is 11.2 Å². The number of hydrogen-bond donors (Lipinski definition) is 2. The molecule has 0 atom stereocenters. The van der Waals surface area contributed by atoms with Crippen LogP contribution in [0.15, 0.2) is 33.9 Å². The van der Waals surface area contributed by atoms with Gasteiger partial charge in [-0.15, -0.1) is 0 Å². The van der Waals surface area contributed by atoms with Crippen molar-refractivity contribution >= 4 is 10.9 Å². The normalized spacial score (nSPS) is 13.0. The van der Waals surface area contributed by atoms with Gasteiger partial charge in [0.1, 0.15) is 5.75 Å². The molecule has 1 aliphatic rings.